The highest BCUT2D eigenvalue weighted by Gasteiger charge is 2.26. The van der Waals surface area contributed by atoms with E-state index in [1.54, 1.807) is 26.1 Å². The molecule has 0 amide bonds. The Labute approximate surface area is 135 Å². The first-order valence-corrected chi connectivity index (χ1v) is 9.11. The van der Waals surface area contributed by atoms with Crippen molar-refractivity contribution in [3.63, 3.8) is 0 Å². The van der Waals surface area contributed by atoms with Gasteiger partial charge in [0.1, 0.15) is 5.82 Å². The van der Waals surface area contributed by atoms with E-state index in [1.807, 2.05) is 11.8 Å². The predicted octanol–water partition coefficient (Wildman–Crippen LogP) is 2.13. The lowest BCUT2D eigenvalue weighted by atomic mass is 10.2. The molecule has 1 heterocycles. The quantitative estimate of drug-likeness (QED) is 0.801. The summed E-state index contributed by atoms with van der Waals surface area (Å²) in [5.41, 5.74) is 0.630. The molecule has 0 fully saturated rings. The van der Waals surface area contributed by atoms with Crippen molar-refractivity contribution in [3.8, 4) is 11.5 Å². The van der Waals surface area contributed by atoms with Gasteiger partial charge in [0.2, 0.25) is 11.8 Å². The van der Waals surface area contributed by atoms with Gasteiger partial charge >= 0.3 is 0 Å². The molecule has 0 N–H and O–H groups in total. The van der Waals surface area contributed by atoms with E-state index in [0.29, 0.717) is 23.9 Å². The van der Waals surface area contributed by atoms with Gasteiger partial charge in [0, 0.05) is 17.9 Å². The van der Waals surface area contributed by atoms with Crippen molar-refractivity contribution in [1.82, 2.24) is 15.1 Å². The first-order valence-electron chi connectivity index (χ1n) is 7.16. The molecule has 0 unspecified atom stereocenters. The Bertz CT molecular complexity index is 759. The molecule has 23 heavy (non-hydrogen) atoms. The fourth-order valence-corrected chi connectivity index (χ4v) is 3.02. The summed E-state index contributed by atoms with van der Waals surface area (Å²) < 4.78 is 41.8. The average molecular weight is 341 g/mol. The number of nitrogens with zero attached hydrogens (tertiary/aromatic N) is 3. The van der Waals surface area contributed by atoms with Gasteiger partial charge in [0.15, 0.2) is 9.84 Å². The zero-order valence-corrected chi connectivity index (χ0v) is 14.3. The Morgan fingerprint density at radius 2 is 1.83 bits per heavy atom. The Morgan fingerprint density at radius 3 is 2.39 bits per heavy atom. The Kier molecular flexibility index (Phi) is 5.16. The van der Waals surface area contributed by atoms with Crippen LogP contribution in [0, 0.1) is 5.82 Å². The van der Waals surface area contributed by atoms with Crippen LogP contribution in [0.25, 0.3) is 11.5 Å². The van der Waals surface area contributed by atoms with Gasteiger partial charge in [-0.15, -0.1) is 10.2 Å². The van der Waals surface area contributed by atoms with Gasteiger partial charge in [0.05, 0.1) is 11.8 Å². The van der Waals surface area contributed by atoms with Crippen molar-refractivity contribution in [2.24, 2.45) is 0 Å². The molecule has 0 bridgehead atoms. The fraction of sp³-hybridized carbons (Fsp3) is 0.467. The second-order valence-electron chi connectivity index (χ2n) is 5.70. The number of benzene rings is 1. The van der Waals surface area contributed by atoms with E-state index in [1.165, 1.54) is 18.4 Å². The van der Waals surface area contributed by atoms with E-state index in [-0.39, 0.29) is 11.9 Å². The van der Waals surface area contributed by atoms with Crippen LogP contribution in [-0.4, -0.2) is 48.1 Å². The molecule has 2 atom stereocenters. The number of sulfone groups is 1. The smallest absolute Gasteiger partial charge is 0.247 e. The monoisotopic (exact) mass is 341 g/mol. The molecule has 1 aromatic heterocycles. The lowest BCUT2D eigenvalue weighted by Crippen LogP contribution is -2.40. The summed E-state index contributed by atoms with van der Waals surface area (Å²) in [4.78, 5) is 1.84. The highest BCUT2D eigenvalue weighted by atomic mass is 32.2. The van der Waals surface area contributed by atoms with Gasteiger partial charge < -0.3 is 4.42 Å². The van der Waals surface area contributed by atoms with Crippen LogP contribution < -0.4 is 0 Å². The van der Waals surface area contributed by atoms with Gasteiger partial charge in [-0.2, -0.15) is 0 Å². The van der Waals surface area contributed by atoms with Crippen molar-refractivity contribution in [2.45, 2.75) is 31.7 Å². The van der Waals surface area contributed by atoms with Crippen molar-refractivity contribution in [1.29, 1.82) is 0 Å². The second-order valence-corrected chi connectivity index (χ2v) is 8.10. The van der Waals surface area contributed by atoms with E-state index in [4.69, 9.17) is 4.42 Å². The lowest BCUT2D eigenvalue weighted by Gasteiger charge is -2.27. The standard InChI is InChI=1S/C15H20FN3O3S/c1-10(11(2)23(4,20)21)19(3)9-14-17-18-15(22-14)12-5-7-13(16)8-6-12/h5-8,10-11H,9H2,1-4H3/t10-,11-/m1/s1. The van der Waals surface area contributed by atoms with Gasteiger partial charge in [-0.25, -0.2) is 12.8 Å². The fourth-order valence-electron chi connectivity index (χ4n) is 2.10. The topological polar surface area (TPSA) is 76.3 Å². The maximum absolute atomic E-state index is 12.9. The third-order valence-corrected chi connectivity index (χ3v) is 5.74. The average Bonchev–Trinajstić information content (AvgIpc) is 2.93. The number of aromatic nitrogens is 2. The van der Waals surface area contributed by atoms with E-state index in [0.717, 1.165) is 0 Å². The Morgan fingerprint density at radius 1 is 1.22 bits per heavy atom. The maximum Gasteiger partial charge on any atom is 0.247 e. The normalized spacial score (nSPS) is 14.9. The highest BCUT2D eigenvalue weighted by Crippen LogP contribution is 2.19. The summed E-state index contributed by atoms with van der Waals surface area (Å²) in [6.45, 7) is 3.84. The molecule has 0 aliphatic heterocycles. The van der Waals surface area contributed by atoms with Gasteiger partial charge in [0.25, 0.3) is 0 Å². The van der Waals surface area contributed by atoms with Crippen molar-refractivity contribution in [2.75, 3.05) is 13.3 Å². The minimum absolute atomic E-state index is 0.203. The van der Waals surface area contributed by atoms with Crippen LogP contribution in [0.15, 0.2) is 28.7 Å². The van der Waals surface area contributed by atoms with E-state index in [2.05, 4.69) is 10.2 Å². The largest absolute Gasteiger partial charge is 0.419 e. The number of hydrogen-bond donors (Lipinski definition) is 0. The summed E-state index contributed by atoms with van der Waals surface area (Å²) in [5, 5.41) is 7.39. The van der Waals surface area contributed by atoms with Crippen LogP contribution in [0.2, 0.25) is 0 Å². The third-order valence-electron chi connectivity index (χ3n) is 3.99. The Hall–Kier alpha value is -1.80. The molecule has 8 heteroatoms. The molecule has 0 spiro atoms. The van der Waals surface area contributed by atoms with E-state index >= 15 is 0 Å². The minimum atomic E-state index is -3.13. The van der Waals surface area contributed by atoms with Crippen LogP contribution in [0.5, 0.6) is 0 Å². The summed E-state index contributed by atoms with van der Waals surface area (Å²) in [6.07, 6.45) is 1.22. The number of halogens is 1. The molecule has 0 aliphatic carbocycles. The summed E-state index contributed by atoms with van der Waals surface area (Å²) in [7, 11) is -1.33. The summed E-state index contributed by atoms with van der Waals surface area (Å²) >= 11 is 0. The van der Waals surface area contributed by atoms with Crippen molar-refractivity contribution >= 4 is 9.84 Å². The minimum Gasteiger partial charge on any atom is -0.419 e. The van der Waals surface area contributed by atoms with E-state index < -0.39 is 15.1 Å². The van der Waals surface area contributed by atoms with Crippen LogP contribution in [-0.2, 0) is 16.4 Å². The number of hydrogen-bond acceptors (Lipinski definition) is 6. The third kappa shape index (κ3) is 4.35. The predicted molar refractivity (Wildman–Crippen MR) is 84.9 cm³/mol. The highest BCUT2D eigenvalue weighted by molar-refractivity contribution is 7.91. The number of rotatable bonds is 6. The zero-order valence-electron chi connectivity index (χ0n) is 13.5. The summed E-state index contributed by atoms with van der Waals surface area (Å²) in [6, 6.07) is 5.56. The SMILES string of the molecule is C[C@H]([C@@H](C)S(C)(=O)=O)N(C)Cc1nnc(-c2ccc(F)cc2)o1. The van der Waals surface area contributed by atoms with E-state index in [9.17, 15) is 12.8 Å². The van der Waals surface area contributed by atoms with Crippen LogP contribution in [0.4, 0.5) is 4.39 Å². The molecule has 2 rings (SSSR count). The van der Waals surface area contributed by atoms with Gasteiger partial charge in [-0.05, 0) is 45.2 Å². The zero-order chi connectivity index (χ0) is 17.2. The molecule has 0 saturated heterocycles. The molecule has 126 valence electrons. The lowest BCUT2D eigenvalue weighted by molar-refractivity contribution is 0.223. The molecule has 0 aliphatic rings. The molecule has 2 aromatic rings. The summed E-state index contributed by atoms with van der Waals surface area (Å²) in [5.74, 6) is 0.341. The molecule has 0 saturated carbocycles. The van der Waals surface area contributed by atoms with Crippen molar-refractivity contribution < 1.29 is 17.2 Å². The van der Waals surface area contributed by atoms with Gasteiger partial charge in [-0.1, -0.05) is 0 Å². The molecule has 0 radical (unpaired) electrons. The maximum atomic E-state index is 12.9. The second kappa shape index (κ2) is 6.76. The molecular weight excluding hydrogens is 321 g/mol. The molecule has 6 nitrogen and oxygen atoms in total. The molecular formula is C15H20FN3O3S. The molecule has 1 aromatic carbocycles. The van der Waals surface area contributed by atoms with Crippen LogP contribution >= 0.6 is 0 Å². The Balaban J connectivity index is 2.08. The van der Waals surface area contributed by atoms with Gasteiger partial charge in [-0.3, -0.25) is 4.90 Å². The van der Waals surface area contributed by atoms with Crippen LogP contribution in [0.1, 0.15) is 19.7 Å². The van der Waals surface area contributed by atoms with Crippen molar-refractivity contribution in [3.05, 3.63) is 36.0 Å². The first-order chi connectivity index (χ1) is 10.7. The first kappa shape index (κ1) is 17.6. The van der Waals surface area contributed by atoms with Crippen LogP contribution in [0.3, 0.4) is 0 Å².